The summed E-state index contributed by atoms with van der Waals surface area (Å²) in [5, 5.41) is 9.25. The molecule has 0 heterocycles. The lowest BCUT2D eigenvalue weighted by Gasteiger charge is -2.29. The predicted octanol–water partition coefficient (Wildman–Crippen LogP) is 0.961. The molecule has 2 atom stereocenters. The Morgan fingerprint density at radius 3 is 2.60 bits per heavy atom. The van der Waals surface area contributed by atoms with Crippen LogP contribution in [-0.2, 0) is 0 Å². The molecular formula is C12H24N2O. The van der Waals surface area contributed by atoms with Crippen molar-refractivity contribution in [2.75, 3.05) is 19.7 Å². The van der Waals surface area contributed by atoms with Crippen LogP contribution in [-0.4, -0.2) is 41.3 Å². The third-order valence-corrected chi connectivity index (χ3v) is 4.04. The second-order valence-corrected chi connectivity index (χ2v) is 5.45. The van der Waals surface area contributed by atoms with Crippen LogP contribution in [0.15, 0.2) is 0 Å². The van der Waals surface area contributed by atoms with Crippen LogP contribution in [0.25, 0.3) is 0 Å². The van der Waals surface area contributed by atoms with Crippen LogP contribution in [0.1, 0.15) is 39.0 Å². The van der Waals surface area contributed by atoms with Gasteiger partial charge in [0, 0.05) is 18.1 Å². The van der Waals surface area contributed by atoms with Crippen LogP contribution in [0.5, 0.6) is 0 Å². The van der Waals surface area contributed by atoms with E-state index >= 15 is 0 Å². The van der Waals surface area contributed by atoms with Crippen molar-refractivity contribution in [3.63, 3.8) is 0 Å². The normalized spacial score (nSPS) is 36.4. The van der Waals surface area contributed by atoms with Crippen molar-refractivity contribution in [1.29, 1.82) is 0 Å². The number of aliphatic hydroxyl groups excluding tert-OH is 1. The molecule has 3 N–H and O–H groups in total. The molecule has 2 aliphatic rings. The Hall–Kier alpha value is -0.120. The summed E-state index contributed by atoms with van der Waals surface area (Å²) < 4.78 is 0. The Morgan fingerprint density at radius 1 is 1.40 bits per heavy atom. The number of hydrogen-bond acceptors (Lipinski definition) is 3. The maximum atomic E-state index is 9.25. The number of hydrogen-bond donors (Lipinski definition) is 2. The zero-order valence-corrected chi connectivity index (χ0v) is 9.78. The molecule has 88 valence electrons. The van der Waals surface area contributed by atoms with Gasteiger partial charge >= 0.3 is 0 Å². The first kappa shape index (κ1) is 11.4. The highest BCUT2D eigenvalue weighted by Crippen LogP contribution is 2.35. The van der Waals surface area contributed by atoms with Crippen molar-refractivity contribution in [3.8, 4) is 0 Å². The molecule has 0 radical (unpaired) electrons. The molecule has 2 unspecified atom stereocenters. The smallest absolute Gasteiger partial charge is 0.0611 e. The van der Waals surface area contributed by atoms with Crippen molar-refractivity contribution < 1.29 is 5.11 Å². The number of nitrogens with two attached hydrogens (primary N) is 1. The third-order valence-electron chi connectivity index (χ3n) is 4.04. The summed E-state index contributed by atoms with van der Waals surface area (Å²) in [6, 6.07) is 0.618. The third kappa shape index (κ3) is 2.71. The molecule has 2 rings (SSSR count). The van der Waals surface area contributed by atoms with E-state index < -0.39 is 0 Å². The van der Waals surface area contributed by atoms with Gasteiger partial charge in [0.2, 0.25) is 0 Å². The Morgan fingerprint density at radius 2 is 2.13 bits per heavy atom. The van der Waals surface area contributed by atoms with Crippen molar-refractivity contribution in [1.82, 2.24) is 4.90 Å². The van der Waals surface area contributed by atoms with Crippen molar-refractivity contribution in [3.05, 3.63) is 0 Å². The molecule has 2 aliphatic carbocycles. The first-order chi connectivity index (χ1) is 7.17. The molecule has 3 nitrogen and oxygen atoms in total. The highest BCUT2D eigenvalue weighted by molar-refractivity contribution is 4.97. The average molecular weight is 212 g/mol. The molecule has 0 aromatic heterocycles. The van der Waals surface area contributed by atoms with E-state index in [0.29, 0.717) is 6.04 Å². The quantitative estimate of drug-likeness (QED) is 0.713. The van der Waals surface area contributed by atoms with Gasteiger partial charge in [-0.15, -0.1) is 0 Å². The lowest BCUT2D eigenvalue weighted by Crippen LogP contribution is -2.44. The van der Waals surface area contributed by atoms with Crippen molar-refractivity contribution in [2.45, 2.75) is 50.6 Å². The zero-order chi connectivity index (χ0) is 10.9. The number of nitrogens with zero attached hydrogens (tertiary/aromatic N) is 1. The minimum Gasteiger partial charge on any atom is -0.394 e. The van der Waals surface area contributed by atoms with Gasteiger partial charge in [-0.2, -0.15) is 0 Å². The van der Waals surface area contributed by atoms with E-state index in [1.165, 1.54) is 19.4 Å². The molecule has 0 aromatic carbocycles. The topological polar surface area (TPSA) is 49.5 Å². The van der Waals surface area contributed by atoms with Gasteiger partial charge in [0.1, 0.15) is 0 Å². The van der Waals surface area contributed by atoms with Crippen LogP contribution >= 0.6 is 0 Å². The highest BCUT2D eigenvalue weighted by Gasteiger charge is 2.38. The summed E-state index contributed by atoms with van der Waals surface area (Å²) in [5.74, 6) is 0.951. The second-order valence-electron chi connectivity index (χ2n) is 5.45. The Bertz CT molecular complexity index is 218. The number of rotatable bonds is 5. The average Bonchev–Trinajstić information content (AvgIpc) is 2.98. The molecule has 2 fully saturated rings. The van der Waals surface area contributed by atoms with Gasteiger partial charge in [0.15, 0.2) is 0 Å². The maximum absolute atomic E-state index is 9.25. The van der Waals surface area contributed by atoms with Crippen LogP contribution in [0.4, 0.5) is 0 Å². The monoisotopic (exact) mass is 212 g/mol. The fourth-order valence-electron chi connectivity index (χ4n) is 2.75. The summed E-state index contributed by atoms with van der Waals surface area (Å²) >= 11 is 0. The molecule has 0 amide bonds. The van der Waals surface area contributed by atoms with E-state index in [0.717, 1.165) is 31.7 Å². The fourth-order valence-corrected chi connectivity index (χ4v) is 2.75. The van der Waals surface area contributed by atoms with Crippen LogP contribution in [0.2, 0.25) is 0 Å². The van der Waals surface area contributed by atoms with Gasteiger partial charge in [-0.1, -0.05) is 6.92 Å². The first-order valence-electron chi connectivity index (χ1n) is 6.30. The molecule has 3 heteroatoms. The van der Waals surface area contributed by atoms with Crippen LogP contribution in [0, 0.1) is 5.92 Å². The van der Waals surface area contributed by atoms with E-state index in [-0.39, 0.29) is 12.1 Å². The van der Waals surface area contributed by atoms with E-state index in [1.54, 1.807) is 0 Å². The summed E-state index contributed by atoms with van der Waals surface area (Å²) in [6.45, 7) is 4.76. The van der Waals surface area contributed by atoms with Gasteiger partial charge in [-0.05, 0) is 44.6 Å². The van der Waals surface area contributed by atoms with Gasteiger partial charge in [0.05, 0.1) is 6.61 Å². The summed E-state index contributed by atoms with van der Waals surface area (Å²) in [7, 11) is 0. The highest BCUT2D eigenvalue weighted by atomic mass is 16.3. The molecule has 0 spiro atoms. The summed E-state index contributed by atoms with van der Waals surface area (Å²) in [4.78, 5) is 2.57. The SMILES string of the molecule is CCN(CC1CC1)C1CCC(N)(CO)C1. The molecular weight excluding hydrogens is 188 g/mol. The molecule has 0 bridgehead atoms. The van der Waals surface area contributed by atoms with Gasteiger partial charge in [-0.3, -0.25) is 0 Å². The maximum Gasteiger partial charge on any atom is 0.0611 e. The van der Waals surface area contributed by atoms with E-state index in [9.17, 15) is 5.11 Å². The second kappa shape index (κ2) is 4.40. The molecule has 0 saturated heterocycles. The molecule has 15 heavy (non-hydrogen) atoms. The molecule has 2 saturated carbocycles. The first-order valence-corrected chi connectivity index (χ1v) is 6.30. The van der Waals surface area contributed by atoms with E-state index in [2.05, 4.69) is 11.8 Å². The van der Waals surface area contributed by atoms with Gasteiger partial charge < -0.3 is 15.7 Å². The fraction of sp³-hybridized carbons (Fsp3) is 1.00. The molecule has 0 aromatic rings. The van der Waals surface area contributed by atoms with Crippen LogP contribution in [0.3, 0.4) is 0 Å². The predicted molar refractivity (Wildman–Crippen MR) is 61.6 cm³/mol. The molecule has 0 aliphatic heterocycles. The lowest BCUT2D eigenvalue weighted by molar-refractivity contribution is 0.166. The minimum atomic E-state index is -0.290. The van der Waals surface area contributed by atoms with Crippen molar-refractivity contribution in [2.24, 2.45) is 11.7 Å². The zero-order valence-electron chi connectivity index (χ0n) is 9.78. The lowest BCUT2D eigenvalue weighted by atomic mass is 10.0. The Labute approximate surface area is 92.6 Å². The van der Waals surface area contributed by atoms with Gasteiger partial charge in [0.25, 0.3) is 0 Å². The Kier molecular flexibility index (Phi) is 3.33. The Balaban J connectivity index is 1.86. The van der Waals surface area contributed by atoms with Crippen molar-refractivity contribution >= 4 is 0 Å². The van der Waals surface area contributed by atoms with E-state index in [4.69, 9.17) is 5.73 Å². The summed E-state index contributed by atoms with van der Waals surface area (Å²) in [6.07, 6.45) is 5.95. The largest absolute Gasteiger partial charge is 0.394 e. The van der Waals surface area contributed by atoms with Gasteiger partial charge in [-0.25, -0.2) is 0 Å². The standard InChI is InChI=1S/C12H24N2O/c1-2-14(8-10-3-4-10)11-5-6-12(13,7-11)9-15/h10-11,15H,2-9,13H2,1H3. The number of aliphatic hydroxyl groups is 1. The minimum absolute atomic E-state index is 0.143. The van der Waals surface area contributed by atoms with E-state index in [1.807, 2.05) is 0 Å². The van der Waals surface area contributed by atoms with Crippen LogP contribution < -0.4 is 5.73 Å². The summed E-state index contributed by atoms with van der Waals surface area (Å²) in [5.41, 5.74) is 5.82.